The molecule has 0 fully saturated rings. The molecule has 1 aliphatic rings. The second-order valence-electron chi connectivity index (χ2n) is 6.02. The molecule has 1 heteroatoms. The van der Waals surface area contributed by atoms with Crippen molar-refractivity contribution in [1.29, 1.82) is 0 Å². The zero-order chi connectivity index (χ0) is 16.2. The third-order valence-corrected chi connectivity index (χ3v) is 4.50. The summed E-state index contributed by atoms with van der Waals surface area (Å²) in [6.07, 6.45) is 1.06. The largest absolute Gasteiger partial charge is 0.353 e. The van der Waals surface area contributed by atoms with E-state index in [9.17, 15) is 0 Å². The second kappa shape index (κ2) is 6.64. The maximum absolute atomic E-state index is 3.52. The molecule has 24 heavy (non-hydrogen) atoms. The summed E-state index contributed by atoms with van der Waals surface area (Å²) < 4.78 is 0. The summed E-state index contributed by atoms with van der Waals surface area (Å²) in [7, 11) is 0. The number of anilines is 1. The fourth-order valence-electron chi connectivity index (χ4n) is 3.29. The van der Waals surface area contributed by atoms with Crippen LogP contribution in [0.2, 0.25) is 0 Å². The normalized spacial score (nSPS) is 16.0. The number of hydrogen-bond donors (Lipinski definition) is 0. The van der Waals surface area contributed by atoms with Crippen LogP contribution in [0.3, 0.4) is 0 Å². The Morgan fingerprint density at radius 3 is 2.21 bits per heavy atom. The van der Waals surface area contributed by atoms with Gasteiger partial charge >= 0.3 is 0 Å². The van der Waals surface area contributed by atoms with E-state index in [2.05, 4.69) is 83.5 Å². The van der Waals surface area contributed by atoms with Crippen LogP contribution in [0.1, 0.15) is 22.7 Å². The lowest BCUT2D eigenvalue weighted by atomic mass is 9.92. The van der Waals surface area contributed by atoms with Crippen LogP contribution < -0.4 is 4.90 Å². The van der Waals surface area contributed by atoms with E-state index >= 15 is 0 Å². The quantitative estimate of drug-likeness (QED) is 0.581. The highest BCUT2D eigenvalue weighted by molar-refractivity contribution is 5.55. The molecule has 0 bridgehead atoms. The van der Waals surface area contributed by atoms with Gasteiger partial charge in [0.05, 0.1) is 0 Å². The molecule has 0 aliphatic carbocycles. The summed E-state index contributed by atoms with van der Waals surface area (Å²) in [6, 6.07) is 29.6. The van der Waals surface area contributed by atoms with Gasteiger partial charge in [0.1, 0.15) is 6.04 Å². The predicted octanol–water partition coefficient (Wildman–Crippen LogP) is 4.84. The minimum absolute atomic E-state index is 0.0950. The van der Waals surface area contributed by atoms with Gasteiger partial charge in [0.25, 0.3) is 0 Å². The molecule has 0 N–H and O–H groups in total. The molecule has 0 unspecified atom stereocenters. The summed E-state index contributed by atoms with van der Waals surface area (Å²) in [6.45, 7) is 0.995. The van der Waals surface area contributed by atoms with Crippen molar-refractivity contribution in [3.05, 3.63) is 102 Å². The summed E-state index contributed by atoms with van der Waals surface area (Å²) in [5.41, 5.74) is 5.04. The molecule has 3 aromatic rings. The topological polar surface area (TPSA) is 3.24 Å². The first kappa shape index (κ1) is 14.6. The second-order valence-corrected chi connectivity index (χ2v) is 6.02. The standard InChI is InChI=1S/C23H19N/c1-3-9-19(10-4-1)15-16-23-22-14-8-7-11-20(22)17-18-24(23)21-12-5-2-6-13-21/h1-14,23H,17-18H2/t23-/m0/s1. The molecule has 1 aliphatic heterocycles. The third-order valence-electron chi connectivity index (χ3n) is 4.50. The van der Waals surface area contributed by atoms with Crippen LogP contribution in [-0.4, -0.2) is 6.54 Å². The van der Waals surface area contributed by atoms with Crippen molar-refractivity contribution in [2.75, 3.05) is 11.4 Å². The number of nitrogens with zero attached hydrogens (tertiary/aromatic N) is 1. The average Bonchev–Trinajstić information content (AvgIpc) is 2.67. The van der Waals surface area contributed by atoms with Crippen LogP contribution in [-0.2, 0) is 6.42 Å². The van der Waals surface area contributed by atoms with Crippen molar-refractivity contribution < 1.29 is 0 Å². The van der Waals surface area contributed by atoms with Crippen molar-refractivity contribution in [2.45, 2.75) is 12.5 Å². The molecule has 4 rings (SSSR count). The number of rotatable bonds is 1. The van der Waals surface area contributed by atoms with Gasteiger partial charge in [0, 0.05) is 17.8 Å². The molecule has 0 saturated carbocycles. The molecule has 1 nitrogen and oxygen atoms in total. The SMILES string of the molecule is C(#C[C@H]1c2ccccc2CCN1c1ccccc1)c1ccccc1. The minimum Gasteiger partial charge on any atom is -0.353 e. The minimum atomic E-state index is 0.0950. The van der Waals surface area contributed by atoms with E-state index in [1.54, 1.807) is 0 Å². The Kier molecular flexibility index (Phi) is 4.04. The highest BCUT2D eigenvalue weighted by Gasteiger charge is 2.25. The van der Waals surface area contributed by atoms with E-state index in [4.69, 9.17) is 0 Å². The van der Waals surface area contributed by atoms with Crippen molar-refractivity contribution >= 4 is 5.69 Å². The molecular formula is C23H19N. The van der Waals surface area contributed by atoms with Crippen molar-refractivity contribution in [3.63, 3.8) is 0 Å². The first-order valence-electron chi connectivity index (χ1n) is 8.38. The van der Waals surface area contributed by atoms with E-state index in [1.807, 2.05) is 18.2 Å². The average molecular weight is 309 g/mol. The molecule has 1 heterocycles. The monoisotopic (exact) mass is 309 g/mol. The number of hydrogen-bond acceptors (Lipinski definition) is 1. The van der Waals surface area contributed by atoms with Crippen LogP contribution in [0.4, 0.5) is 5.69 Å². The summed E-state index contributed by atoms with van der Waals surface area (Å²) in [5, 5.41) is 0. The van der Waals surface area contributed by atoms with Crippen molar-refractivity contribution in [2.24, 2.45) is 0 Å². The van der Waals surface area contributed by atoms with Crippen molar-refractivity contribution in [1.82, 2.24) is 0 Å². The molecule has 116 valence electrons. The number of fused-ring (bicyclic) bond motifs is 1. The molecule has 3 aromatic carbocycles. The smallest absolute Gasteiger partial charge is 0.117 e. The van der Waals surface area contributed by atoms with E-state index < -0.39 is 0 Å². The Labute approximate surface area is 143 Å². The Morgan fingerprint density at radius 1 is 0.750 bits per heavy atom. The Bertz CT molecular complexity index is 872. The lowest BCUT2D eigenvalue weighted by Crippen LogP contribution is -2.34. The van der Waals surface area contributed by atoms with Gasteiger partial charge in [-0.1, -0.05) is 72.5 Å². The van der Waals surface area contributed by atoms with Crippen LogP contribution in [0, 0.1) is 11.8 Å². The van der Waals surface area contributed by atoms with Crippen molar-refractivity contribution in [3.8, 4) is 11.8 Å². The summed E-state index contributed by atoms with van der Waals surface area (Å²) in [4.78, 5) is 2.41. The van der Waals surface area contributed by atoms with E-state index in [0.29, 0.717) is 0 Å². The Hall–Kier alpha value is -2.98. The summed E-state index contributed by atoms with van der Waals surface area (Å²) >= 11 is 0. The van der Waals surface area contributed by atoms with E-state index in [-0.39, 0.29) is 6.04 Å². The third kappa shape index (κ3) is 2.92. The highest BCUT2D eigenvalue weighted by Crippen LogP contribution is 2.33. The van der Waals surface area contributed by atoms with E-state index in [1.165, 1.54) is 16.8 Å². The Morgan fingerprint density at radius 2 is 1.42 bits per heavy atom. The lowest BCUT2D eigenvalue weighted by molar-refractivity contribution is 0.682. The molecule has 1 atom stereocenters. The summed E-state index contributed by atoms with van der Waals surface area (Å²) in [5.74, 6) is 6.88. The van der Waals surface area contributed by atoms with Gasteiger partial charge < -0.3 is 4.90 Å². The van der Waals surface area contributed by atoms with E-state index in [0.717, 1.165) is 18.5 Å². The van der Waals surface area contributed by atoms with Gasteiger partial charge in [-0.15, -0.1) is 0 Å². The van der Waals surface area contributed by atoms with Crippen LogP contribution in [0.25, 0.3) is 0 Å². The predicted molar refractivity (Wildman–Crippen MR) is 100.0 cm³/mol. The van der Waals surface area contributed by atoms with Gasteiger partial charge in [-0.3, -0.25) is 0 Å². The van der Waals surface area contributed by atoms with Gasteiger partial charge in [-0.2, -0.15) is 0 Å². The van der Waals surface area contributed by atoms with Gasteiger partial charge in [0.2, 0.25) is 0 Å². The molecule has 0 aromatic heterocycles. The molecular weight excluding hydrogens is 290 g/mol. The first-order chi connectivity index (χ1) is 11.9. The molecule has 0 amide bonds. The molecule has 0 spiro atoms. The van der Waals surface area contributed by atoms with Crippen LogP contribution in [0.15, 0.2) is 84.9 Å². The fraction of sp³-hybridized carbons (Fsp3) is 0.130. The molecule has 0 radical (unpaired) electrons. The zero-order valence-electron chi connectivity index (χ0n) is 13.5. The number of para-hydroxylation sites is 1. The maximum atomic E-state index is 3.52. The maximum Gasteiger partial charge on any atom is 0.117 e. The van der Waals surface area contributed by atoms with Gasteiger partial charge in [-0.05, 0) is 41.8 Å². The lowest BCUT2D eigenvalue weighted by Gasteiger charge is -2.36. The Balaban J connectivity index is 1.77. The molecule has 0 saturated heterocycles. The number of benzene rings is 3. The zero-order valence-corrected chi connectivity index (χ0v) is 13.5. The van der Waals surface area contributed by atoms with Gasteiger partial charge in [-0.25, -0.2) is 0 Å². The first-order valence-corrected chi connectivity index (χ1v) is 8.38. The van der Waals surface area contributed by atoms with Crippen LogP contribution >= 0.6 is 0 Å². The highest BCUT2D eigenvalue weighted by atomic mass is 15.2. The fourth-order valence-corrected chi connectivity index (χ4v) is 3.29. The van der Waals surface area contributed by atoms with Gasteiger partial charge in [0.15, 0.2) is 0 Å². The van der Waals surface area contributed by atoms with Crippen LogP contribution in [0.5, 0.6) is 0 Å².